The Kier molecular flexibility index (Phi) is 0.935. The molecular weight excluding hydrogens is 105 g/mol. The van der Waals surface area contributed by atoms with Crippen molar-refractivity contribution in [2.24, 2.45) is 0 Å². The summed E-state index contributed by atoms with van der Waals surface area (Å²) >= 11 is 0. The van der Waals surface area contributed by atoms with Gasteiger partial charge in [-0.2, -0.15) is 0 Å². The Labute approximate surface area is 47.4 Å². The lowest BCUT2D eigenvalue weighted by Gasteiger charge is -2.02. The molecule has 0 fully saturated rings. The van der Waals surface area contributed by atoms with E-state index in [2.05, 4.69) is 0 Å². The minimum atomic E-state index is -0.241. The first-order valence-corrected chi connectivity index (χ1v) is 2.21. The normalized spacial score (nSPS) is 18.2. The third kappa shape index (κ3) is 0.539. The second kappa shape index (κ2) is 1.47. The van der Waals surface area contributed by atoms with Gasteiger partial charge >= 0.3 is 0 Å². The summed E-state index contributed by atoms with van der Waals surface area (Å²) in [5, 5.41) is 0. The van der Waals surface area contributed by atoms with E-state index in [1.165, 1.54) is 20.1 Å². The van der Waals surface area contributed by atoms with E-state index < -0.39 is 0 Å². The smallest absolute Gasteiger partial charge is 0.240 e. The third-order valence-electron chi connectivity index (χ3n) is 1.03. The molecular formula is C4H4BNO2. The van der Waals surface area contributed by atoms with E-state index in [0.717, 1.165) is 4.81 Å². The van der Waals surface area contributed by atoms with Gasteiger partial charge < -0.3 is 4.81 Å². The number of imide groups is 1. The van der Waals surface area contributed by atoms with Crippen LogP contribution in [-0.2, 0) is 9.59 Å². The molecule has 1 heterocycles. The van der Waals surface area contributed by atoms with Crippen molar-refractivity contribution in [2.75, 3.05) is 0 Å². The van der Waals surface area contributed by atoms with Crippen LogP contribution in [0, 0.1) is 0 Å². The minimum absolute atomic E-state index is 0.241. The molecule has 0 aliphatic carbocycles. The van der Waals surface area contributed by atoms with Gasteiger partial charge in [-0.25, -0.2) is 0 Å². The van der Waals surface area contributed by atoms with Crippen LogP contribution < -0.4 is 0 Å². The summed E-state index contributed by atoms with van der Waals surface area (Å²) in [4.78, 5) is 21.9. The summed E-state index contributed by atoms with van der Waals surface area (Å²) in [5.74, 6) is -0.481. The zero-order valence-electron chi connectivity index (χ0n) is 4.42. The van der Waals surface area contributed by atoms with Crippen LogP contribution >= 0.6 is 0 Å². The fourth-order valence-electron chi connectivity index (χ4n) is 0.475. The maximum atomic E-state index is 10.4. The van der Waals surface area contributed by atoms with Crippen LogP contribution in [-0.4, -0.2) is 24.6 Å². The monoisotopic (exact) mass is 109 g/mol. The molecule has 1 rings (SSSR count). The average Bonchev–Trinajstić information content (AvgIpc) is 1.98. The maximum Gasteiger partial charge on any atom is 0.240 e. The van der Waals surface area contributed by atoms with Crippen molar-refractivity contribution in [3.8, 4) is 0 Å². The van der Waals surface area contributed by atoms with Gasteiger partial charge in [0.25, 0.3) is 0 Å². The quantitative estimate of drug-likeness (QED) is 0.279. The lowest BCUT2D eigenvalue weighted by molar-refractivity contribution is -0.131. The molecule has 0 saturated carbocycles. The molecule has 0 N–H and O–H groups in total. The van der Waals surface area contributed by atoms with Gasteiger partial charge in [0.15, 0.2) is 0 Å². The summed E-state index contributed by atoms with van der Waals surface area (Å²) in [6, 6.07) is 0. The van der Waals surface area contributed by atoms with Crippen molar-refractivity contribution in [3.63, 3.8) is 0 Å². The third-order valence-corrected chi connectivity index (χ3v) is 1.03. The minimum Gasteiger partial charge on any atom is -0.329 e. The number of hydrogen-bond acceptors (Lipinski definition) is 2. The lowest BCUT2D eigenvalue weighted by Crippen LogP contribution is -2.26. The molecule has 0 aromatic rings. The molecule has 0 aromatic heterocycles. The van der Waals surface area contributed by atoms with Crippen LogP contribution in [0.3, 0.4) is 0 Å². The van der Waals surface area contributed by atoms with Crippen LogP contribution in [0.25, 0.3) is 0 Å². The molecule has 0 aromatic carbocycles. The second-order valence-corrected chi connectivity index (χ2v) is 1.57. The molecule has 0 spiro atoms. The van der Waals surface area contributed by atoms with Gasteiger partial charge in [-0.1, -0.05) is 0 Å². The lowest BCUT2D eigenvalue weighted by atomic mass is 10.3. The van der Waals surface area contributed by atoms with Gasteiger partial charge in [-0.05, 0) is 0 Å². The van der Waals surface area contributed by atoms with Crippen LogP contribution in [0.5, 0.6) is 0 Å². The highest BCUT2D eigenvalue weighted by atomic mass is 16.2. The first kappa shape index (κ1) is 5.09. The topological polar surface area (TPSA) is 37.4 Å². The van der Waals surface area contributed by atoms with Crippen LogP contribution in [0.4, 0.5) is 0 Å². The molecule has 40 valence electrons. The molecule has 2 amide bonds. The van der Waals surface area contributed by atoms with Crippen molar-refractivity contribution < 1.29 is 9.59 Å². The molecule has 0 radical (unpaired) electrons. The van der Waals surface area contributed by atoms with Crippen molar-refractivity contribution >= 4 is 19.8 Å². The predicted molar refractivity (Wildman–Crippen MR) is 29.5 cm³/mol. The van der Waals surface area contributed by atoms with Gasteiger partial charge in [0.05, 0.1) is 0 Å². The van der Waals surface area contributed by atoms with Crippen molar-refractivity contribution in [1.29, 1.82) is 0 Å². The molecule has 1 aliphatic heterocycles. The summed E-state index contributed by atoms with van der Waals surface area (Å²) in [5.41, 5.74) is 0. The van der Waals surface area contributed by atoms with Crippen molar-refractivity contribution in [2.45, 2.75) is 0 Å². The molecule has 0 unspecified atom stereocenters. The van der Waals surface area contributed by atoms with Crippen molar-refractivity contribution in [1.82, 2.24) is 4.81 Å². The fraction of sp³-hybridized carbons (Fsp3) is 0. The highest BCUT2D eigenvalue weighted by Crippen LogP contribution is 1.96. The Morgan fingerprint density at radius 2 is 1.62 bits per heavy atom. The van der Waals surface area contributed by atoms with E-state index >= 15 is 0 Å². The summed E-state index contributed by atoms with van der Waals surface area (Å²) < 4.78 is 0. The summed E-state index contributed by atoms with van der Waals surface area (Å²) in [6.45, 7) is 0. The zero-order valence-corrected chi connectivity index (χ0v) is 4.42. The van der Waals surface area contributed by atoms with Gasteiger partial charge in [0.1, 0.15) is 0 Å². The van der Waals surface area contributed by atoms with E-state index in [1.54, 1.807) is 0 Å². The largest absolute Gasteiger partial charge is 0.329 e. The van der Waals surface area contributed by atoms with Gasteiger partial charge in [-0.15, -0.1) is 0 Å². The van der Waals surface area contributed by atoms with E-state index in [1.807, 2.05) is 0 Å². The molecule has 0 atom stereocenters. The Morgan fingerprint density at radius 3 is 1.75 bits per heavy atom. The van der Waals surface area contributed by atoms with Crippen molar-refractivity contribution in [3.05, 3.63) is 12.2 Å². The Hall–Kier alpha value is -1.06. The number of nitrogens with zero attached hydrogens (tertiary/aromatic N) is 1. The summed E-state index contributed by atoms with van der Waals surface area (Å²) in [7, 11) is 1.45. The highest BCUT2D eigenvalue weighted by molar-refractivity contribution is 6.31. The first-order valence-electron chi connectivity index (χ1n) is 2.21. The second-order valence-electron chi connectivity index (χ2n) is 1.57. The first-order chi connectivity index (χ1) is 3.72. The van der Waals surface area contributed by atoms with Crippen LogP contribution in [0.15, 0.2) is 12.2 Å². The van der Waals surface area contributed by atoms with Crippen LogP contribution in [0.1, 0.15) is 0 Å². The fourth-order valence-corrected chi connectivity index (χ4v) is 0.475. The van der Waals surface area contributed by atoms with Gasteiger partial charge in [0, 0.05) is 12.2 Å². The van der Waals surface area contributed by atoms with Gasteiger partial charge in [-0.3, -0.25) is 9.59 Å². The SMILES string of the molecule is BN1C(=O)C=CC1=O. The standard InChI is InChI=1S/C4H4BNO2/c5-6-3(7)1-2-4(6)8/h1-2H,5H2. The molecule has 1 aliphatic rings. The number of carbonyl (C=O) groups is 2. The van der Waals surface area contributed by atoms with Crippen LogP contribution in [0.2, 0.25) is 0 Å². The highest BCUT2D eigenvalue weighted by Gasteiger charge is 2.16. The number of amides is 2. The van der Waals surface area contributed by atoms with E-state index in [4.69, 9.17) is 0 Å². The average molecular weight is 109 g/mol. The van der Waals surface area contributed by atoms with E-state index in [9.17, 15) is 9.59 Å². The number of hydrogen-bond donors (Lipinski definition) is 0. The molecule has 0 bridgehead atoms. The van der Waals surface area contributed by atoms with E-state index in [-0.39, 0.29) is 11.8 Å². The Bertz CT molecular complexity index is 157. The number of rotatable bonds is 0. The zero-order chi connectivity index (χ0) is 6.15. The molecule has 0 saturated heterocycles. The Balaban J connectivity index is 2.84. The maximum absolute atomic E-state index is 10.4. The van der Waals surface area contributed by atoms with Gasteiger partial charge in [0.2, 0.25) is 19.8 Å². The summed E-state index contributed by atoms with van der Waals surface area (Å²) in [6.07, 6.45) is 2.50. The molecule has 3 nitrogen and oxygen atoms in total. The van der Waals surface area contributed by atoms with E-state index in [0.29, 0.717) is 0 Å². The Morgan fingerprint density at radius 1 is 1.25 bits per heavy atom. The molecule has 4 heteroatoms. The predicted octanol–water partition coefficient (Wildman–Crippen LogP) is -1.54. The number of carbonyl (C=O) groups excluding carboxylic acids is 2. The molecule has 8 heavy (non-hydrogen) atoms.